The van der Waals surface area contributed by atoms with Gasteiger partial charge in [-0.3, -0.25) is 9.59 Å². The molecule has 1 heterocycles. The van der Waals surface area contributed by atoms with Crippen LogP contribution in [0.4, 0.5) is 0 Å². The van der Waals surface area contributed by atoms with Crippen molar-refractivity contribution in [3.63, 3.8) is 0 Å². The molecule has 0 aromatic carbocycles. The van der Waals surface area contributed by atoms with Crippen molar-refractivity contribution in [1.29, 1.82) is 0 Å². The number of carboxylic acid groups (broad SMARTS) is 2. The highest BCUT2D eigenvalue weighted by Gasteiger charge is 2.20. The third kappa shape index (κ3) is 7.76. The van der Waals surface area contributed by atoms with Crippen molar-refractivity contribution in [2.45, 2.75) is 38.8 Å². The van der Waals surface area contributed by atoms with Gasteiger partial charge in [-0.05, 0) is 25.3 Å². The van der Waals surface area contributed by atoms with Gasteiger partial charge >= 0.3 is 11.9 Å². The van der Waals surface area contributed by atoms with E-state index in [1.807, 2.05) is 0 Å². The maximum atomic E-state index is 10.1. The van der Waals surface area contributed by atoms with E-state index in [4.69, 9.17) is 15.9 Å². The summed E-state index contributed by atoms with van der Waals surface area (Å²) in [5.41, 5.74) is 5.16. The van der Waals surface area contributed by atoms with E-state index in [9.17, 15) is 9.59 Å². The molecule has 0 amide bonds. The summed E-state index contributed by atoms with van der Waals surface area (Å²) in [6, 6.07) is -0.981. The Morgan fingerprint density at radius 3 is 2.00 bits per heavy atom. The summed E-state index contributed by atoms with van der Waals surface area (Å²) in [4.78, 5) is 20.2. The number of nitrogens with two attached hydrogens (primary N) is 1. The first kappa shape index (κ1) is 18.3. The highest BCUT2D eigenvalue weighted by molar-refractivity contribution is 5.75. The molecule has 3 radical (unpaired) electrons. The summed E-state index contributed by atoms with van der Waals surface area (Å²) in [6.07, 6.45) is 1.78. The normalized spacial score (nSPS) is 19.9. The summed E-state index contributed by atoms with van der Waals surface area (Å²) in [7, 11) is 0. The zero-order valence-corrected chi connectivity index (χ0v) is 10.2. The summed E-state index contributed by atoms with van der Waals surface area (Å²) < 4.78 is 0. The average molecular weight is 243 g/mol. The van der Waals surface area contributed by atoms with Gasteiger partial charge in [-0.25, -0.2) is 0 Å². The molecule has 0 bridgehead atoms. The van der Waals surface area contributed by atoms with Crippen LogP contribution in [0, 0.1) is 5.92 Å². The number of hydrogen-bond acceptors (Lipinski definition) is 4. The van der Waals surface area contributed by atoms with Gasteiger partial charge in [0.1, 0.15) is 12.1 Å². The van der Waals surface area contributed by atoms with E-state index in [-0.39, 0.29) is 20.4 Å². The Morgan fingerprint density at radius 2 is 1.88 bits per heavy atom. The van der Waals surface area contributed by atoms with Crippen molar-refractivity contribution in [3.05, 3.63) is 0 Å². The molecule has 17 heavy (non-hydrogen) atoms. The lowest BCUT2D eigenvalue weighted by atomic mass is 10.1. The summed E-state index contributed by atoms with van der Waals surface area (Å²) in [6.45, 7) is 4.41. The van der Waals surface area contributed by atoms with Crippen LogP contribution in [0.5, 0.6) is 0 Å². The number of hydrogen-bond donors (Lipinski definition) is 4. The predicted molar refractivity (Wildman–Crippen MR) is 64.9 cm³/mol. The molecule has 0 aliphatic carbocycles. The quantitative estimate of drug-likeness (QED) is 0.497. The molecule has 0 aromatic heterocycles. The second kappa shape index (κ2) is 9.01. The van der Waals surface area contributed by atoms with Crippen LogP contribution in [0.3, 0.4) is 0 Å². The molecule has 97 valence electrons. The van der Waals surface area contributed by atoms with Gasteiger partial charge in [-0.1, -0.05) is 13.8 Å². The molecule has 1 aliphatic rings. The van der Waals surface area contributed by atoms with Crippen LogP contribution in [0.2, 0.25) is 0 Å². The van der Waals surface area contributed by atoms with Crippen molar-refractivity contribution in [3.8, 4) is 0 Å². The Bertz CT molecular complexity index is 230. The highest BCUT2D eigenvalue weighted by Crippen LogP contribution is 2.03. The van der Waals surface area contributed by atoms with Crippen LogP contribution >= 0.6 is 0 Å². The van der Waals surface area contributed by atoms with Gasteiger partial charge in [0, 0.05) is 8.41 Å². The fourth-order valence-corrected chi connectivity index (χ4v) is 1.18. The maximum Gasteiger partial charge on any atom is 0.320 e. The standard InChI is InChI=1S/C5H9NO2.C5H11NO2.B/c7-5(8)4-2-1-3-6-4;1-3(2)4(6)5(7)8;/h4,6H,1-3H2,(H,7,8);3-4H,6H2,1-2H3,(H,7,8);/t4-;;/m0../s1. The second-order valence-corrected chi connectivity index (χ2v) is 4.10. The number of nitrogens with one attached hydrogen (secondary N) is 1. The van der Waals surface area contributed by atoms with Crippen LogP contribution in [0.1, 0.15) is 26.7 Å². The first-order valence-corrected chi connectivity index (χ1v) is 5.30. The van der Waals surface area contributed by atoms with Crippen molar-refractivity contribution in [2.24, 2.45) is 11.7 Å². The van der Waals surface area contributed by atoms with Crippen molar-refractivity contribution in [2.75, 3.05) is 6.54 Å². The van der Waals surface area contributed by atoms with E-state index in [0.29, 0.717) is 0 Å². The van der Waals surface area contributed by atoms with Crippen LogP contribution < -0.4 is 11.1 Å². The van der Waals surface area contributed by atoms with E-state index in [0.717, 1.165) is 19.4 Å². The van der Waals surface area contributed by atoms with E-state index in [2.05, 4.69) is 5.32 Å². The van der Waals surface area contributed by atoms with Gasteiger partial charge in [0.05, 0.1) is 0 Å². The minimum absolute atomic E-state index is 0. The van der Waals surface area contributed by atoms with Gasteiger partial charge in [-0.2, -0.15) is 0 Å². The zero-order chi connectivity index (χ0) is 12.7. The van der Waals surface area contributed by atoms with E-state index in [1.165, 1.54) is 0 Å². The van der Waals surface area contributed by atoms with Crippen molar-refractivity contribution in [1.82, 2.24) is 5.32 Å². The molecular weight excluding hydrogens is 223 g/mol. The maximum absolute atomic E-state index is 10.1. The molecule has 1 rings (SSSR count). The molecule has 1 aliphatic heterocycles. The van der Waals surface area contributed by atoms with Crippen LogP contribution in [-0.4, -0.2) is 49.2 Å². The largest absolute Gasteiger partial charge is 0.480 e. The molecule has 1 saturated heterocycles. The molecule has 0 aromatic rings. The molecule has 0 spiro atoms. The topological polar surface area (TPSA) is 113 Å². The van der Waals surface area contributed by atoms with E-state index >= 15 is 0 Å². The lowest BCUT2D eigenvalue weighted by molar-refractivity contribution is -0.140. The number of carboxylic acids is 2. The first-order valence-electron chi connectivity index (χ1n) is 5.30. The fraction of sp³-hybridized carbons (Fsp3) is 0.800. The third-order valence-electron chi connectivity index (χ3n) is 2.36. The van der Waals surface area contributed by atoms with Gasteiger partial charge in [0.15, 0.2) is 0 Å². The van der Waals surface area contributed by atoms with E-state index in [1.54, 1.807) is 13.8 Å². The third-order valence-corrected chi connectivity index (χ3v) is 2.36. The monoisotopic (exact) mass is 243 g/mol. The average Bonchev–Trinajstić information content (AvgIpc) is 2.70. The smallest absolute Gasteiger partial charge is 0.320 e. The molecular formula is C10H20BN2O4. The Hall–Kier alpha value is -1.08. The molecule has 1 fully saturated rings. The molecule has 2 atom stereocenters. The summed E-state index contributed by atoms with van der Waals surface area (Å²) in [5, 5.41) is 19.4. The first-order chi connectivity index (χ1) is 7.36. The van der Waals surface area contributed by atoms with Gasteiger partial charge in [-0.15, -0.1) is 0 Å². The van der Waals surface area contributed by atoms with Gasteiger partial charge in [0.2, 0.25) is 0 Å². The summed E-state index contributed by atoms with van der Waals surface area (Å²) >= 11 is 0. The molecule has 6 nitrogen and oxygen atoms in total. The number of carbonyl (C=O) groups is 2. The fourth-order valence-electron chi connectivity index (χ4n) is 1.18. The zero-order valence-electron chi connectivity index (χ0n) is 10.2. The SMILES string of the molecule is CC(C)C(N)C(=O)O.O=C(O)[C@@H]1CCCN1.[B]. The van der Waals surface area contributed by atoms with Crippen LogP contribution in [-0.2, 0) is 9.59 Å². The van der Waals surface area contributed by atoms with Crippen molar-refractivity contribution >= 4 is 20.4 Å². The Kier molecular flexibility index (Phi) is 9.69. The summed E-state index contributed by atoms with van der Waals surface area (Å²) in [5.74, 6) is -1.63. The number of rotatable bonds is 3. The Labute approximate surface area is 103 Å². The second-order valence-electron chi connectivity index (χ2n) is 4.10. The lowest BCUT2D eigenvalue weighted by Crippen LogP contribution is -2.34. The Balaban J connectivity index is 0. The minimum Gasteiger partial charge on any atom is -0.480 e. The molecule has 1 unspecified atom stereocenters. The van der Waals surface area contributed by atoms with Crippen LogP contribution in [0.15, 0.2) is 0 Å². The Morgan fingerprint density at radius 1 is 1.35 bits per heavy atom. The van der Waals surface area contributed by atoms with Crippen LogP contribution in [0.25, 0.3) is 0 Å². The van der Waals surface area contributed by atoms with Gasteiger partial charge in [0.25, 0.3) is 0 Å². The molecule has 5 N–H and O–H groups in total. The van der Waals surface area contributed by atoms with Crippen molar-refractivity contribution < 1.29 is 19.8 Å². The molecule has 7 heteroatoms. The van der Waals surface area contributed by atoms with E-state index < -0.39 is 18.0 Å². The van der Waals surface area contributed by atoms with Gasteiger partial charge < -0.3 is 21.3 Å². The highest BCUT2D eigenvalue weighted by atomic mass is 16.4. The predicted octanol–water partition coefficient (Wildman–Crippen LogP) is -0.503. The molecule has 0 saturated carbocycles. The minimum atomic E-state index is -0.931. The lowest BCUT2D eigenvalue weighted by Gasteiger charge is -2.07. The number of aliphatic carboxylic acids is 2.